The number of nitrogens with zero attached hydrogens (tertiary/aromatic N) is 1. The molecule has 23 heavy (non-hydrogen) atoms. The summed E-state index contributed by atoms with van der Waals surface area (Å²) in [6, 6.07) is 6.54. The number of alkyl halides is 3. The SMILES string of the molecule is OC1=C(c2ccc(OC(F)(F)F)cc2)Oc2cc(Cl)cnc2C1. The van der Waals surface area contributed by atoms with Crippen molar-refractivity contribution < 1.29 is 27.8 Å². The van der Waals surface area contributed by atoms with Crippen molar-refractivity contribution in [1.29, 1.82) is 0 Å². The highest BCUT2D eigenvalue weighted by atomic mass is 35.5. The van der Waals surface area contributed by atoms with Gasteiger partial charge in [0.25, 0.3) is 0 Å². The molecule has 0 bridgehead atoms. The molecule has 2 aromatic rings. The molecule has 2 heterocycles. The van der Waals surface area contributed by atoms with Crippen LogP contribution in [-0.2, 0) is 6.42 Å². The second kappa shape index (κ2) is 5.66. The molecule has 0 saturated carbocycles. The predicted molar refractivity (Wildman–Crippen MR) is 76.3 cm³/mol. The summed E-state index contributed by atoms with van der Waals surface area (Å²) >= 11 is 5.84. The van der Waals surface area contributed by atoms with Gasteiger partial charge in [-0.2, -0.15) is 0 Å². The first-order valence-electron chi connectivity index (χ1n) is 6.42. The lowest BCUT2D eigenvalue weighted by atomic mass is 10.1. The summed E-state index contributed by atoms with van der Waals surface area (Å²) in [6.07, 6.45) is -3.18. The molecule has 120 valence electrons. The number of pyridine rings is 1. The zero-order chi connectivity index (χ0) is 16.6. The Hall–Kier alpha value is -2.41. The van der Waals surface area contributed by atoms with Gasteiger partial charge in [-0.25, -0.2) is 0 Å². The van der Waals surface area contributed by atoms with Crippen molar-refractivity contribution in [3.8, 4) is 11.5 Å². The molecule has 0 fully saturated rings. The Kier molecular flexibility index (Phi) is 3.81. The van der Waals surface area contributed by atoms with Crippen LogP contribution in [0.2, 0.25) is 5.02 Å². The molecule has 0 saturated heterocycles. The molecule has 3 rings (SSSR count). The van der Waals surface area contributed by atoms with Crippen LogP contribution in [0, 0.1) is 0 Å². The summed E-state index contributed by atoms with van der Waals surface area (Å²) < 4.78 is 45.8. The Morgan fingerprint density at radius 1 is 1.22 bits per heavy atom. The van der Waals surface area contributed by atoms with Crippen LogP contribution in [0.4, 0.5) is 13.2 Å². The maximum absolute atomic E-state index is 12.1. The summed E-state index contributed by atoms with van der Waals surface area (Å²) in [6.45, 7) is 0. The second-order valence-corrected chi connectivity index (χ2v) is 5.16. The van der Waals surface area contributed by atoms with Crippen molar-refractivity contribution in [2.45, 2.75) is 12.8 Å². The summed E-state index contributed by atoms with van der Waals surface area (Å²) in [4.78, 5) is 4.06. The largest absolute Gasteiger partial charge is 0.573 e. The van der Waals surface area contributed by atoms with Crippen molar-refractivity contribution in [3.63, 3.8) is 0 Å². The lowest BCUT2D eigenvalue weighted by Crippen LogP contribution is -2.17. The molecule has 0 spiro atoms. The molecule has 1 aliphatic heterocycles. The first-order chi connectivity index (χ1) is 10.8. The van der Waals surface area contributed by atoms with Crippen LogP contribution in [0.3, 0.4) is 0 Å². The molecule has 1 N–H and O–H groups in total. The number of hydrogen-bond acceptors (Lipinski definition) is 4. The second-order valence-electron chi connectivity index (χ2n) is 4.73. The minimum atomic E-state index is -4.76. The van der Waals surface area contributed by atoms with Crippen LogP contribution in [0.5, 0.6) is 11.5 Å². The average Bonchev–Trinajstić information content (AvgIpc) is 2.46. The number of benzene rings is 1. The maximum atomic E-state index is 12.1. The zero-order valence-electron chi connectivity index (χ0n) is 11.4. The van der Waals surface area contributed by atoms with E-state index < -0.39 is 6.36 Å². The molecule has 0 atom stereocenters. The van der Waals surface area contributed by atoms with Crippen molar-refractivity contribution in [3.05, 3.63) is 58.6 Å². The average molecular weight is 344 g/mol. The summed E-state index contributed by atoms with van der Waals surface area (Å²) in [5, 5.41) is 10.4. The fourth-order valence-electron chi connectivity index (χ4n) is 2.11. The van der Waals surface area contributed by atoms with Gasteiger partial charge in [0, 0.05) is 17.8 Å². The summed E-state index contributed by atoms with van der Waals surface area (Å²) in [5.41, 5.74) is 0.926. The van der Waals surface area contributed by atoms with Crippen LogP contribution in [-0.4, -0.2) is 16.5 Å². The van der Waals surface area contributed by atoms with E-state index in [4.69, 9.17) is 16.3 Å². The van der Waals surface area contributed by atoms with Gasteiger partial charge in [0.15, 0.2) is 11.5 Å². The fraction of sp³-hybridized carbons (Fsp3) is 0.133. The summed E-state index contributed by atoms with van der Waals surface area (Å²) in [5.74, 6) is 0.0973. The van der Waals surface area contributed by atoms with Gasteiger partial charge in [-0.3, -0.25) is 4.98 Å². The third kappa shape index (κ3) is 3.50. The van der Waals surface area contributed by atoms with Gasteiger partial charge in [0.1, 0.15) is 11.5 Å². The number of ether oxygens (including phenoxy) is 2. The highest BCUT2D eigenvalue weighted by Crippen LogP contribution is 2.34. The van der Waals surface area contributed by atoms with Gasteiger partial charge in [-0.05, 0) is 24.3 Å². The molecule has 0 radical (unpaired) electrons. The van der Waals surface area contributed by atoms with Crippen LogP contribution >= 0.6 is 11.6 Å². The molecule has 8 heteroatoms. The Morgan fingerprint density at radius 2 is 1.91 bits per heavy atom. The topological polar surface area (TPSA) is 51.6 Å². The van der Waals surface area contributed by atoms with Crippen molar-refractivity contribution in [2.24, 2.45) is 0 Å². The monoisotopic (exact) mass is 343 g/mol. The zero-order valence-corrected chi connectivity index (χ0v) is 12.1. The predicted octanol–water partition coefficient (Wildman–Crippen LogP) is 4.50. The van der Waals surface area contributed by atoms with Crippen LogP contribution in [0.25, 0.3) is 5.76 Å². The molecule has 1 aliphatic rings. The van der Waals surface area contributed by atoms with E-state index in [1.807, 2.05) is 0 Å². The number of hydrogen-bond donors (Lipinski definition) is 1. The number of aliphatic hydroxyl groups excluding tert-OH is 1. The van der Waals surface area contributed by atoms with Gasteiger partial charge < -0.3 is 14.6 Å². The third-order valence-corrected chi connectivity index (χ3v) is 3.26. The molecule has 0 unspecified atom stereocenters. The van der Waals surface area contributed by atoms with Gasteiger partial charge >= 0.3 is 6.36 Å². The Balaban J connectivity index is 1.87. The Bertz CT molecular complexity index is 773. The van der Waals surface area contributed by atoms with E-state index in [9.17, 15) is 18.3 Å². The van der Waals surface area contributed by atoms with Crippen molar-refractivity contribution in [1.82, 2.24) is 4.98 Å². The van der Waals surface area contributed by atoms with E-state index in [1.165, 1.54) is 18.3 Å². The molecule has 0 amide bonds. The molecular weight excluding hydrogens is 335 g/mol. The van der Waals surface area contributed by atoms with Crippen LogP contribution in [0.15, 0.2) is 42.3 Å². The van der Waals surface area contributed by atoms with Gasteiger partial charge in [0.2, 0.25) is 0 Å². The Labute approximate surface area is 133 Å². The fourth-order valence-corrected chi connectivity index (χ4v) is 2.26. The number of fused-ring (bicyclic) bond motifs is 1. The standard InChI is InChI=1S/C15H9ClF3NO3/c16-9-5-13-11(20-7-9)6-12(21)14(22-13)8-1-3-10(4-2-8)23-15(17,18)19/h1-5,7,21H,6H2. The molecule has 0 aliphatic carbocycles. The molecular formula is C15H9ClF3NO3. The smallest absolute Gasteiger partial charge is 0.508 e. The molecule has 1 aromatic heterocycles. The third-order valence-electron chi connectivity index (χ3n) is 3.06. The van der Waals surface area contributed by atoms with E-state index in [0.717, 1.165) is 12.1 Å². The number of aliphatic hydroxyl groups is 1. The van der Waals surface area contributed by atoms with E-state index in [1.54, 1.807) is 6.07 Å². The van der Waals surface area contributed by atoms with Crippen LogP contribution < -0.4 is 9.47 Å². The van der Waals surface area contributed by atoms with Gasteiger partial charge in [-0.15, -0.1) is 13.2 Å². The van der Waals surface area contributed by atoms with Crippen molar-refractivity contribution in [2.75, 3.05) is 0 Å². The first kappa shape index (κ1) is 15.5. The number of allylic oxidation sites excluding steroid dienone is 1. The lowest BCUT2D eigenvalue weighted by molar-refractivity contribution is -0.274. The molecule has 4 nitrogen and oxygen atoms in total. The first-order valence-corrected chi connectivity index (χ1v) is 6.80. The van der Waals surface area contributed by atoms with E-state index in [0.29, 0.717) is 22.0 Å². The number of halogens is 4. The van der Waals surface area contributed by atoms with E-state index in [2.05, 4.69) is 9.72 Å². The maximum Gasteiger partial charge on any atom is 0.573 e. The highest BCUT2D eigenvalue weighted by molar-refractivity contribution is 6.30. The normalized spacial score (nSPS) is 14.3. The number of rotatable bonds is 2. The van der Waals surface area contributed by atoms with E-state index >= 15 is 0 Å². The quantitative estimate of drug-likeness (QED) is 0.872. The Morgan fingerprint density at radius 3 is 2.57 bits per heavy atom. The number of aromatic nitrogens is 1. The van der Waals surface area contributed by atoms with Gasteiger partial charge in [0.05, 0.1) is 17.1 Å². The molecule has 1 aromatic carbocycles. The van der Waals surface area contributed by atoms with Crippen LogP contribution in [0.1, 0.15) is 11.3 Å². The minimum Gasteiger partial charge on any atom is -0.508 e. The lowest BCUT2D eigenvalue weighted by Gasteiger charge is -2.20. The highest BCUT2D eigenvalue weighted by Gasteiger charge is 2.31. The van der Waals surface area contributed by atoms with E-state index in [-0.39, 0.29) is 23.7 Å². The summed E-state index contributed by atoms with van der Waals surface area (Å²) in [7, 11) is 0. The van der Waals surface area contributed by atoms with Gasteiger partial charge in [-0.1, -0.05) is 11.6 Å². The minimum absolute atomic E-state index is 0.0724. The van der Waals surface area contributed by atoms with Crippen molar-refractivity contribution >= 4 is 17.4 Å².